The Bertz CT molecular complexity index is 335. The smallest absolute Gasteiger partial charge is 0.00477 e. The average molecular weight is 218 g/mol. The van der Waals surface area contributed by atoms with Crippen molar-refractivity contribution in [2.75, 3.05) is 33.7 Å². The molecule has 0 aliphatic carbocycles. The second-order valence-electron chi connectivity index (χ2n) is 4.85. The summed E-state index contributed by atoms with van der Waals surface area (Å²) in [6.45, 7) is 3.52. The zero-order valence-electron chi connectivity index (χ0n) is 10.4. The average Bonchev–Trinajstić information content (AvgIpc) is 2.74. The Morgan fingerprint density at radius 2 is 2.31 bits per heavy atom. The monoisotopic (exact) mass is 218 g/mol. The van der Waals surface area contributed by atoms with Crippen LogP contribution in [0.25, 0.3) is 0 Å². The molecule has 1 N–H and O–H groups in total. The Morgan fingerprint density at radius 3 is 3.00 bits per heavy atom. The van der Waals surface area contributed by atoms with E-state index in [-0.39, 0.29) is 0 Å². The first-order valence-corrected chi connectivity index (χ1v) is 6.21. The summed E-state index contributed by atoms with van der Waals surface area (Å²) in [5.74, 6) is 0.750. The highest BCUT2D eigenvalue weighted by Gasteiger charge is 2.20. The number of likely N-dealkylation sites (N-methyl/N-ethyl adjacent to an activating group) is 2. The van der Waals surface area contributed by atoms with Gasteiger partial charge in [0.15, 0.2) is 0 Å². The maximum Gasteiger partial charge on any atom is 0.00477 e. The largest absolute Gasteiger partial charge is 0.319 e. The van der Waals surface area contributed by atoms with Crippen molar-refractivity contribution in [2.45, 2.75) is 18.8 Å². The molecule has 1 aromatic rings. The molecule has 0 aromatic heterocycles. The molecule has 2 nitrogen and oxygen atoms in total. The lowest BCUT2D eigenvalue weighted by Gasteiger charge is -2.12. The molecule has 0 saturated carbocycles. The molecule has 1 fully saturated rings. The van der Waals surface area contributed by atoms with E-state index >= 15 is 0 Å². The molecular weight excluding hydrogens is 196 g/mol. The van der Waals surface area contributed by atoms with Gasteiger partial charge in [-0.2, -0.15) is 0 Å². The molecule has 1 unspecified atom stereocenters. The van der Waals surface area contributed by atoms with Gasteiger partial charge in [0.05, 0.1) is 0 Å². The standard InChI is InChI=1S/C14H22N2/c1-15-8-6-12-4-3-5-13(10-12)14-7-9-16(2)11-14/h3-5,10,14-15H,6-9,11H2,1-2H3. The van der Waals surface area contributed by atoms with Gasteiger partial charge in [0.2, 0.25) is 0 Å². The highest BCUT2D eigenvalue weighted by molar-refractivity contribution is 5.27. The van der Waals surface area contributed by atoms with Crippen molar-refractivity contribution in [3.8, 4) is 0 Å². The fraction of sp³-hybridized carbons (Fsp3) is 0.571. The van der Waals surface area contributed by atoms with Gasteiger partial charge in [-0.05, 0) is 57.1 Å². The lowest BCUT2D eigenvalue weighted by Crippen LogP contribution is -2.13. The van der Waals surface area contributed by atoms with Crippen molar-refractivity contribution in [1.29, 1.82) is 0 Å². The van der Waals surface area contributed by atoms with Crippen LogP contribution in [0.1, 0.15) is 23.5 Å². The van der Waals surface area contributed by atoms with Crippen LogP contribution in [0.4, 0.5) is 0 Å². The Labute approximate surface area is 98.7 Å². The minimum atomic E-state index is 0.750. The van der Waals surface area contributed by atoms with Crippen LogP contribution in [0.15, 0.2) is 24.3 Å². The third-order valence-electron chi connectivity index (χ3n) is 3.48. The third-order valence-corrected chi connectivity index (χ3v) is 3.48. The van der Waals surface area contributed by atoms with Gasteiger partial charge in [-0.3, -0.25) is 0 Å². The molecule has 0 radical (unpaired) electrons. The Balaban J connectivity index is 2.04. The molecule has 1 saturated heterocycles. The van der Waals surface area contributed by atoms with Gasteiger partial charge in [-0.25, -0.2) is 0 Å². The molecule has 16 heavy (non-hydrogen) atoms. The van der Waals surface area contributed by atoms with E-state index in [4.69, 9.17) is 0 Å². The number of benzene rings is 1. The topological polar surface area (TPSA) is 15.3 Å². The molecule has 1 heterocycles. The fourth-order valence-electron chi connectivity index (χ4n) is 2.48. The van der Waals surface area contributed by atoms with Gasteiger partial charge >= 0.3 is 0 Å². The van der Waals surface area contributed by atoms with Crippen LogP contribution in [-0.4, -0.2) is 38.6 Å². The Kier molecular flexibility index (Phi) is 3.97. The van der Waals surface area contributed by atoms with Crippen molar-refractivity contribution in [2.24, 2.45) is 0 Å². The quantitative estimate of drug-likeness (QED) is 0.830. The molecule has 1 aromatic carbocycles. The number of likely N-dealkylation sites (tertiary alicyclic amines) is 1. The molecular formula is C14H22N2. The second-order valence-corrected chi connectivity index (χ2v) is 4.85. The lowest BCUT2D eigenvalue weighted by molar-refractivity contribution is 0.411. The first-order chi connectivity index (χ1) is 7.79. The highest BCUT2D eigenvalue weighted by atomic mass is 15.1. The first-order valence-electron chi connectivity index (χ1n) is 6.21. The van der Waals surface area contributed by atoms with Gasteiger partial charge in [-0.1, -0.05) is 24.3 Å². The SMILES string of the molecule is CNCCc1cccc(C2CCN(C)C2)c1. The lowest BCUT2D eigenvalue weighted by atomic mass is 9.96. The van der Waals surface area contributed by atoms with E-state index in [0.717, 1.165) is 18.9 Å². The van der Waals surface area contributed by atoms with E-state index in [1.165, 1.54) is 30.6 Å². The van der Waals surface area contributed by atoms with Gasteiger partial charge < -0.3 is 10.2 Å². The van der Waals surface area contributed by atoms with Crippen LogP contribution in [0.3, 0.4) is 0 Å². The molecule has 0 amide bonds. The number of nitrogens with zero attached hydrogens (tertiary/aromatic N) is 1. The summed E-state index contributed by atoms with van der Waals surface area (Å²) in [5.41, 5.74) is 2.99. The van der Waals surface area contributed by atoms with Gasteiger partial charge in [0.1, 0.15) is 0 Å². The van der Waals surface area contributed by atoms with Crippen molar-refractivity contribution in [1.82, 2.24) is 10.2 Å². The summed E-state index contributed by atoms with van der Waals surface area (Å²) in [4.78, 5) is 2.42. The molecule has 2 heteroatoms. The van der Waals surface area contributed by atoms with Crippen LogP contribution >= 0.6 is 0 Å². The van der Waals surface area contributed by atoms with E-state index in [9.17, 15) is 0 Å². The number of nitrogens with one attached hydrogen (secondary N) is 1. The van der Waals surface area contributed by atoms with Crippen LogP contribution in [-0.2, 0) is 6.42 Å². The number of hydrogen-bond donors (Lipinski definition) is 1. The van der Waals surface area contributed by atoms with Crippen molar-refractivity contribution in [3.63, 3.8) is 0 Å². The van der Waals surface area contributed by atoms with E-state index in [1.54, 1.807) is 0 Å². The molecule has 88 valence electrons. The van der Waals surface area contributed by atoms with Crippen molar-refractivity contribution < 1.29 is 0 Å². The highest BCUT2D eigenvalue weighted by Crippen LogP contribution is 2.26. The van der Waals surface area contributed by atoms with E-state index in [0.29, 0.717) is 0 Å². The summed E-state index contributed by atoms with van der Waals surface area (Å²) in [5, 5.41) is 3.20. The predicted molar refractivity (Wildman–Crippen MR) is 68.9 cm³/mol. The number of hydrogen-bond acceptors (Lipinski definition) is 2. The summed E-state index contributed by atoms with van der Waals surface area (Å²) < 4.78 is 0. The van der Waals surface area contributed by atoms with Crippen LogP contribution in [0, 0.1) is 0 Å². The Hall–Kier alpha value is -0.860. The Morgan fingerprint density at radius 1 is 1.44 bits per heavy atom. The van der Waals surface area contributed by atoms with Crippen molar-refractivity contribution in [3.05, 3.63) is 35.4 Å². The minimum Gasteiger partial charge on any atom is -0.319 e. The minimum absolute atomic E-state index is 0.750. The maximum absolute atomic E-state index is 3.20. The predicted octanol–water partition coefficient (Wildman–Crippen LogP) is 1.87. The zero-order valence-corrected chi connectivity index (χ0v) is 10.4. The van der Waals surface area contributed by atoms with E-state index in [1.807, 2.05) is 7.05 Å². The molecule has 0 spiro atoms. The number of rotatable bonds is 4. The zero-order chi connectivity index (χ0) is 11.4. The third kappa shape index (κ3) is 2.83. The molecule has 1 aliphatic heterocycles. The summed E-state index contributed by atoms with van der Waals surface area (Å²) in [6.07, 6.45) is 2.44. The summed E-state index contributed by atoms with van der Waals surface area (Å²) in [6, 6.07) is 9.12. The van der Waals surface area contributed by atoms with Crippen LogP contribution in [0.2, 0.25) is 0 Å². The fourth-order valence-corrected chi connectivity index (χ4v) is 2.48. The normalized spacial score (nSPS) is 21.5. The molecule has 1 atom stereocenters. The molecule has 0 bridgehead atoms. The first kappa shape index (κ1) is 11.6. The summed E-state index contributed by atoms with van der Waals surface area (Å²) in [7, 11) is 4.22. The van der Waals surface area contributed by atoms with Crippen LogP contribution in [0.5, 0.6) is 0 Å². The second kappa shape index (κ2) is 5.46. The molecule has 1 aliphatic rings. The maximum atomic E-state index is 3.20. The van der Waals surface area contributed by atoms with E-state index in [2.05, 4.69) is 41.5 Å². The van der Waals surface area contributed by atoms with Gasteiger partial charge in [0.25, 0.3) is 0 Å². The van der Waals surface area contributed by atoms with E-state index < -0.39 is 0 Å². The van der Waals surface area contributed by atoms with Crippen molar-refractivity contribution >= 4 is 0 Å². The van der Waals surface area contributed by atoms with Crippen LogP contribution < -0.4 is 5.32 Å². The van der Waals surface area contributed by atoms with Gasteiger partial charge in [0, 0.05) is 6.54 Å². The molecule has 2 rings (SSSR count). The summed E-state index contributed by atoms with van der Waals surface area (Å²) >= 11 is 0. The van der Waals surface area contributed by atoms with Gasteiger partial charge in [-0.15, -0.1) is 0 Å².